The van der Waals surface area contributed by atoms with E-state index in [1.54, 1.807) is 0 Å². The predicted octanol–water partition coefficient (Wildman–Crippen LogP) is 2.94. The molecule has 0 unspecified atom stereocenters. The minimum absolute atomic E-state index is 0.0705. The van der Waals surface area contributed by atoms with E-state index in [9.17, 15) is 13.2 Å². The molecule has 0 saturated heterocycles. The van der Waals surface area contributed by atoms with E-state index < -0.39 is 20.0 Å². The molecule has 0 aliphatic rings. The van der Waals surface area contributed by atoms with Crippen LogP contribution in [0.1, 0.15) is 5.56 Å². The predicted molar refractivity (Wildman–Crippen MR) is 70.7 cm³/mol. The molecule has 1 heterocycles. The van der Waals surface area contributed by atoms with Gasteiger partial charge in [-0.15, -0.1) is 0 Å². The molecule has 0 aromatic carbocycles. The van der Waals surface area contributed by atoms with Crippen molar-refractivity contribution < 1.29 is 23.1 Å². The topological polar surface area (TPSA) is 59.6 Å². The van der Waals surface area contributed by atoms with Gasteiger partial charge in [-0.25, -0.2) is 4.68 Å². The van der Waals surface area contributed by atoms with Gasteiger partial charge in [0.25, 0.3) is 0 Å². The van der Waals surface area contributed by atoms with Crippen molar-refractivity contribution in [2.45, 2.75) is 38.6 Å². The number of aromatic nitrogens is 2. The fourth-order valence-electron chi connectivity index (χ4n) is 1.37. The van der Waals surface area contributed by atoms with E-state index in [4.69, 9.17) is 9.94 Å². The molecule has 0 atom stereocenters. The van der Waals surface area contributed by atoms with E-state index in [0.29, 0.717) is 6.61 Å². The van der Waals surface area contributed by atoms with E-state index in [2.05, 4.69) is 29.9 Å². The number of oxime groups is 1. The molecule has 0 fully saturated rings. The smallest absolute Gasteiger partial charge is 0.410 e. The Kier molecular flexibility index (Phi) is 5.34. The molecule has 0 aliphatic heterocycles. The maximum Gasteiger partial charge on any atom is 0.437 e. The van der Waals surface area contributed by atoms with Crippen LogP contribution in [0.3, 0.4) is 0 Å². The van der Waals surface area contributed by atoms with Crippen molar-refractivity contribution in [3.05, 3.63) is 18.0 Å². The number of rotatable bonds is 6. The van der Waals surface area contributed by atoms with Gasteiger partial charge in [-0.1, -0.05) is 24.8 Å². The zero-order chi connectivity index (χ0) is 15.4. The molecule has 0 bridgehead atoms. The van der Waals surface area contributed by atoms with Gasteiger partial charge < -0.3 is 9.94 Å². The van der Waals surface area contributed by atoms with Crippen molar-refractivity contribution in [1.29, 1.82) is 0 Å². The molecular weight excluding hydrogens is 291 g/mol. The van der Waals surface area contributed by atoms with Crippen LogP contribution in [0.25, 0.3) is 0 Å². The highest BCUT2D eigenvalue weighted by molar-refractivity contribution is 6.76. The number of nitrogens with zero attached hydrogens (tertiary/aromatic N) is 3. The first-order valence-electron chi connectivity index (χ1n) is 6.03. The number of hydrogen-bond donors (Lipinski definition) is 1. The Morgan fingerprint density at radius 3 is 2.60 bits per heavy atom. The summed E-state index contributed by atoms with van der Waals surface area (Å²) in [7, 11) is -1.19. The fourth-order valence-corrected chi connectivity index (χ4v) is 2.13. The summed E-state index contributed by atoms with van der Waals surface area (Å²) < 4.78 is 44.1. The summed E-state index contributed by atoms with van der Waals surface area (Å²) in [6.45, 7) is 7.23. The number of hydrogen-bond acceptors (Lipinski definition) is 4. The second-order valence-corrected chi connectivity index (χ2v) is 11.2. The third kappa shape index (κ3) is 5.33. The molecule has 0 radical (unpaired) electrons. The largest absolute Gasteiger partial charge is 0.437 e. The molecule has 1 N–H and O–H groups in total. The summed E-state index contributed by atoms with van der Waals surface area (Å²) in [5.41, 5.74) is -1.67. The lowest BCUT2D eigenvalue weighted by Gasteiger charge is -2.15. The van der Waals surface area contributed by atoms with Gasteiger partial charge >= 0.3 is 6.18 Å². The zero-order valence-electron chi connectivity index (χ0n) is 11.6. The maximum absolute atomic E-state index is 12.5. The Hall–Kier alpha value is -1.35. The van der Waals surface area contributed by atoms with Crippen molar-refractivity contribution in [3.63, 3.8) is 0 Å². The van der Waals surface area contributed by atoms with Gasteiger partial charge in [-0.3, -0.25) is 0 Å². The highest BCUT2D eigenvalue weighted by atomic mass is 28.3. The molecule has 1 aromatic heterocycles. The Morgan fingerprint density at radius 2 is 2.10 bits per heavy atom. The van der Waals surface area contributed by atoms with E-state index >= 15 is 0 Å². The lowest BCUT2D eigenvalue weighted by molar-refractivity contribution is -0.0601. The fraction of sp³-hybridized carbons (Fsp3) is 0.636. The van der Waals surface area contributed by atoms with Crippen molar-refractivity contribution in [3.8, 4) is 0 Å². The van der Waals surface area contributed by atoms with Crippen LogP contribution in [0.4, 0.5) is 13.2 Å². The lowest BCUT2D eigenvalue weighted by Crippen LogP contribution is -2.23. The van der Waals surface area contributed by atoms with E-state index in [1.807, 2.05) is 0 Å². The quantitative estimate of drug-likeness (QED) is 0.289. The maximum atomic E-state index is 12.5. The number of ether oxygens (including phenoxy) is 1. The van der Waals surface area contributed by atoms with Gasteiger partial charge in [-0.2, -0.15) is 18.3 Å². The molecule has 5 nitrogen and oxygen atoms in total. The third-order valence-electron chi connectivity index (χ3n) is 2.50. The van der Waals surface area contributed by atoms with Crippen LogP contribution >= 0.6 is 0 Å². The third-order valence-corrected chi connectivity index (χ3v) is 4.20. The van der Waals surface area contributed by atoms with Gasteiger partial charge in [0.1, 0.15) is 6.73 Å². The summed E-state index contributed by atoms with van der Waals surface area (Å²) >= 11 is 0. The van der Waals surface area contributed by atoms with Crippen molar-refractivity contribution in [1.82, 2.24) is 9.78 Å². The summed E-state index contributed by atoms with van der Waals surface area (Å²) in [5.74, 6) is 0. The van der Waals surface area contributed by atoms with Gasteiger partial charge in [-0.05, 0) is 6.04 Å². The first-order chi connectivity index (χ1) is 9.13. The van der Waals surface area contributed by atoms with Crippen LogP contribution < -0.4 is 0 Å². The molecule has 0 aliphatic carbocycles. The standard InChI is InChI=1S/C11H18F3N3O2Si/c1-20(2,3)5-4-19-8-17-7-9(6-15-17)10(16-18)11(12,13)14/h6-7,18H,4-5,8H2,1-3H3. The number of alkyl halides is 3. The van der Waals surface area contributed by atoms with Gasteiger partial charge in [0.15, 0.2) is 5.71 Å². The summed E-state index contributed by atoms with van der Waals surface area (Å²) in [4.78, 5) is 0. The average Bonchev–Trinajstić information content (AvgIpc) is 2.70. The molecule has 1 rings (SSSR count). The Labute approximate surface area is 116 Å². The van der Waals surface area contributed by atoms with Crippen LogP contribution in [0, 0.1) is 0 Å². The normalized spacial score (nSPS) is 13.8. The van der Waals surface area contributed by atoms with E-state index in [-0.39, 0.29) is 12.3 Å². The van der Waals surface area contributed by atoms with Gasteiger partial charge in [0.2, 0.25) is 0 Å². The average molecular weight is 309 g/mol. The molecular formula is C11H18F3N3O2Si. The molecule has 0 amide bonds. The van der Waals surface area contributed by atoms with Gasteiger partial charge in [0.05, 0.1) is 6.20 Å². The molecule has 0 saturated carbocycles. The highest BCUT2D eigenvalue weighted by Gasteiger charge is 2.38. The summed E-state index contributed by atoms with van der Waals surface area (Å²) in [6.07, 6.45) is -2.59. The van der Waals surface area contributed by atoms with Crippen molar-refractivity contribution in [2.75, 3.05) is 6.61 Å². The van der Waals surface area contributed by atoms with Crippen LogP contribution in [-0.4, -0.2) is 41.6 Å². The van der Waals surface area contributed by atoms with Gasteiger partial charge in [0, 0.05) is 26.4 Å². The summed E-state index contributed by atoms with van der Waals surface area (Å²) in [6, 6.07) is 0.965. The van der Waals surface area contributed by atoms with Crippen LogP contribution in [0.15, 0.2) is 17.5 Å². The second kappa shape index (κ2) is 6.40. The Morgan fingerprint density at radius 1 is 1.45 bits per heavy atom. The van der Waals surface area contributed by atoms with Crippen LogP contribution in [0.2, 0.25) is 25.7 Å². The van der Waals surface area contributed by atoms with Crippen molar-refractivity contribution >= 4 is 13.8 Å². The molecule has 1 aromatic rings. The Bertz CT molecular complexity index is 466. The number of halogens is 3. The second-order valence-electron chi connectivity index (χ2n) is 5.56. The first kappa shape index (κ1) is 16.7. The lowest BCUT2D eigenvalue weighted by atomic mass is 10.2. The van der Waals surface area contributed by atoms with Crippen molar-refractivity contribution in [2.24, 2.45) is 5.16 Å². The SMILES string of the molecule is C[Si](C)(C)CCOCn1cc(C(=NO)C(F)(F)F)cn1. The highest BCUT2D eigenvalue weighted by Crippen LogP contribution is 2.22. The van der Waals surface area contributed by atoms with E-state index in [1.165, 1.54) is 4.68 Å². The molecule has 114 valence electrons. The molecule has 0 spiro atoms. The zero-order valence-corrected chi connectivity index (χ0v) is 12.6. The summed E-state index contributed by atoms with van der Waals surface area (Å²) in [5, 5.41) is 14.5. The molecule has 9 heteroatoms. The Balaban J connectivity index is 2.56. The minimum atomic E-state index is -4.72. The molecule has 20 heavy (non-hydrogen) atoms. The van der Waals surface area contributed by atoms with E-state index in [0.717, 1.165) is 18.4 Å². The minimum Gasteiger partial charge on any atom is -0.410 e. The first-order valence-corrected chi connectivity index (χ1v) is 9.74. The monoisotopic (exact) mass is 309 g/mol. The van der Waals surface area contributed by atoms with Crippen LogP contribution in [0.5, 0.6) is 0 Å². The van der Waals surface area contributed by atoms with Crippen LogP contribution in [-0.2, 0) is 11.5 Å².